The van der Waals surface area contributed by atoms with Crippen LogP contribution in [0.1, 0.15) is 98.8 Å². The molecule has 2 fully saturated rings. The molecule has 0 saturated heterocycles. The predicted octanol–water partition coefficient (Wildman–Crippen LogP) is 5.03. The van der Waals surface area contributed by atoms with Crippen LogP contribution in [0.25, 0.3) is 11.1 Å². The molecule has 2 aromatic carbocycles. The quantitative estimate of drug-likeness (QED) is 0.0834. The second-order valence-corrected chi connectivity index (χ2v) is 13.9. The third-order valence-electron chi connectivity index (χ3n) is 9.93. The Kier molecular flexibility index (Phi) is 11.4. The SMILES string of the molecule is Cc1c(NC(=O)c2cc(C3CC3)c(CN[C@@H](C)CO)cn2)cccc1-c1cccc(NC(=O)c2cc(C3CC3)c(CN[C@H](CO)C(=O)O)cn2)c1C. The van der Waals surface area contributed by atoms with Gasteiger partial charge in [0.1, 0.15) is 17.4 Å². The molecule has 2 aromatic heterocycles. The van der Waals surface area contributed by atoms with E-state index in [0.717, 1.165) is 70.2 Å². The molecule has 12 nitrogen and oxygen atoms in total. The summed E-state index contributed by atoms with van der Waals surface area (Å²) in [5, 5.41) is 40.3. The van der Waals surface area contributed by atoms with Crippen molar-refractivity contribution in [1.82, 2.24) is 20.6 Å². The van der Waals surface area contributed by atoms with E-state index in [2.05, 4.69) is 31.2 Å². The second kappa shape index (κ2) is 16.1. The summed E-state index contributed by atoms with van der Waals surface area (Å²) in [5.41, 5.74) is 9.35. The molecule has 2 heterocycles. The van der Waals surface area contributed by atoms with Gasteiger partial charge >= 0.3 is 5.97 Å². The first-order valence-electron chi connectivity index (χ1n) is 17.8. The van der Waals surface area contributed by atoms with E-state index in [4.69, 9.17) is 0 Å². The van der Waals surface area contributed by atoms with E-state index >= 15 is 0 Å². The Labute approximate surface area is 303 Å². The lowest BCUT2D eigenvalue weighted by atomic mass is 9.94. The number of amides is 2. The lowest BCUT2D eigenvalue weighted by Gasteiger charge is -2.18. The highest BCUT2D eigenvalue weighted by Crippen LogP contribution is 2.43. The molecule has 2 atom stereocenters. The minimum atomic E-state index is -1.14. The fraction of sp³-hybridized carbons (Fsp3) is 0.375. The average molecular weight is 707 g/mol. The molecular weight excluding hydrogens is 660 g/mol. The summed E-state index contributed by atoms with van der Waals surface area (Å²) in [7, 11) is 0. The van der Waals surface area contributed by atoms with Crippen LogP contribution < -0.4 is 21.3 Å². The number of rotatable bonds is 16. The number of carbonyl (C=O) groups excluding carboxylic acids is 2. The van der Waals surface area contributed by atoms with Gasteiger partial charge in [-0.25, -0.2) is 0 Å². The number of carbonyl (C=O) groups is 3. The third-order valence-corrected chi connectivity index (χ3v) is 9.93. The number of aromatic nitrogens is 2. The molecular formula is C40H46N6O6. The zero-order valence-electron chi connectivity index (χ0n) is 29.7. The van der Waals surface area contributed by atoms with Crippen LogP contribution >= 0.6 is 0 Å². The molecule has 2 saturated carbocycles. The summed E-state index contributed by atoms with van der Waals surface area (Å²) in [6.45, 7) is 6.12. The predicted molar refractivity (Wildman–Crippen MR) is 198 cm³/mol. The Morgan fingerprint density at radius 3 is 1.60 bits per heavy atom. The molecule has 2 aliphatic carbocycles. The van der Waals surface area contributed by atoms with Crippen molar-refractivity contribution < 1.29 is 29.7 Å². The number of aliphatic hydroxyl groups is 2. The van der Waals surface area contributed by atoms with E-state index in [1.165, 1.54) is 0 Å². The van der Waals surface area contributed by atoms with E-state index in [0.29, 0.717) is 29.5 Å². The zero-order valence-corrected chi connectivity index (χ0v) is 29.7. The molecule has 52 heavy (non-hydrogen) atoms. The van der Waals surface area contributed by atoms with Gasteiger partial charge in [-0.05, 0) is 127 Å². The molecule has 0 spiro atoms. The van der Waals surface area contributed by atoms with Gasteiger partial charge in [-0.2, -0.15) is 0 Å². The number of carboxylic acid groups (broad SMARTS) is 1. The van der Waals surface area contributed by atoms with Crippen molar-refractivity contribution in [3.8, 4) is 11.1 Å². The summed E-state index contributed by atoms with van der Waals surface area (Å²) in [6.07, 6.45) is 7.49. The number of benzene rings is 2. The first kappa shape index (κ1) is 36.8. The molecule has 7 N–H and O–H groups in total. The normalized spacial score (nSPS) is 15.2. The summed E-state index contributed by atoms with van der Waals surface area (Å²) in [5.74, 6) is -1.09. The molecule has 4 aromatic rings. The van der Waals surface area contributed by atoms with Crippen LogP contribution in [0.4, 0.5) is 11.4 Å². The number of hydrogen-bond donors (Lipinski definition) is 7. The number of nitrogens with one attached hydrogen (secondary N) is 4. The van der Waals surface area contributed by atoms with Crippen molar-refractivity contribution in [1.29, 1.82) is 0 Å². The molecule has 0 unspecified atom stereocenters. The van der Waals surface area contributed by atoms with Gasteiger partial charge in [0.2, 0.25) is 0 Å². The van der Waals surface area contributed by atoms with Crippen LogP contribution in [0.15, 0.2) is 60.9 Å². The van der Waals surface area contributed by atoms with Gasteiger partial charge in [0.25, 0.3) is 11.8 Å². The van der Waals surface area contributed by atoms with Gasteiger partial charge in [-0.1, -0.05) is 24.3 Å². The van der Waals surface area contributed by atoms with Crippen LogP contribution in [0.2, 0.25) is 0 Å². The van der Waals surface area contributed by atoms with Gasteiger partial charge < -0.3 is 31.3 Å². The highest BCUT2D eigenvalue weighted by molar-refractivity contribution is 6.05. The minimum absolute atomic E-state index is 0.0369. The average Bonchev–Trinajstić information content (AvgIpc) is 4.07. The number of aliphatic hydroxyl groups excluding tert-OH is 2. The molecule has 12 heteroatoms. The smallest absolute Gasteiger partial charge is 0.323 e. The molecule has 2 amide bonds. The molecule has 0 bridgehead atoms. The van der Waals surface area contributed by atoms with Gasteiger partial charge in [0.15, 0.2) is 0 Å². The third kappa shape index (κ3) is 8.54. The molecule has 6 rings (SSSR count). The summed E-state index contributed by atoms with van der Waals surface area (Å²) in [4.78, 5) is 47.2. The fourth-order valence-corrected chi connectivity index (χ4v) is 6.40. The van der Waals surface area contributed by atoms with E-state index in [1.807, 2.05) is 63.2 Å². The number of aliphatic carboxylic acids is 1. The van der Waals surface area contributed by atoms with Crippen molar-refractivity contribution in [2.24, 2.45) is 0 Å². The van der Waals surface area contributed by atoms with Crippen LogP contribution in [-0.2, 0) is 17.9 Å². The first-order valence-corrected chi connectivity index (χ1v) is 17.8. The lowest BCUT2D eigenvalue weighted by molar-refractivity contribution is -0.140. The summed E-state index contributed by atoms with van der Waals surface area (Å²) >= 11 is 0. The molecule has 0 radical (unpaired) electrons. The van der Waals surface area contributed by atoms with Crippen molar-refractivity contribution >= 4 is 29.2 Å². The van der Waals surface area contributed by atoms with Crippen molar-refractivity contribution in [2.75, 3.05) is 23.8 Å². The van der Waals surface area contributed by atoms with Gasteiger partial charge in [-0.15, -0.1) is 0 Å². The van der Waals surface area contributed by atoms with E-state index in [9.17, 15) is 29.7 Å². The second-order valence-electron chi connectivity index (χ2n) is 13.9. The Hall–Kier alpha value is -5.01. The maximum atomic E-state index is 13.5. The van der Waals surface area contributed by atoms with Gasteiger partial charge in [0, 0.05) is 42.9 Å². The Balaban J connectivity index is 1.18. The maximum absolute atomic E-state index is 13.5. The van der Waals surface area contributed by atoms with E-state index < -0.39 is 18.6 Å². The Morgan fingerprint density at radius 1 is 0.731 bits per heavy atom. The number of anilines is 2. The summed E-state index contributed by atoms with van der Waals surface area (Å²) < 4.78 is 0. The largest absolute Gasteiger partial charge is 0.480 e. The minimum Gasteiger partial charge on any atom is -0.480 e. The monoisotopic (exact) mass is 706 g/mol. The van der Waals surface area contributed by atoms with Gasteiger partial charge in [0.05, 0.1) is 13.2 Å². The zero-order chi connectivity index (χ0) is 36.9. The topological polar surface area (TPSA) is 186 Å². The number of pyridine rings is 2. The number of hydrogen-bond acceptors (Lipinski definition) is 9. The highest BCUT2D eigenvalue weighted by Gasteiger charge is 2.29. The van der Waals surface area contributed by atoms with Crippen molar-refractivity contribution in [2.45, 2.75) is 83.5 Å². The van der Waals surface area contributed by atoms with Gasteiger partial charge in [-0.3, -0.25) is 29.7 Å². The van der Waals surface area contributed by atoms with Crippen LogP contribution in [0.3, 0.4) is 0 Å². The standard InChI is InChI=1S/C40H46N6O6/c1-22(20-47)41-16-27-17-42-35(14-31(27)25-10-11-25)38(49)45-33-8-4-6-29(23(33)2)30-7-5-9-34(24(30)3)46-39(50)36-15-32(26-12-13-26)28(18-43-36)19-44-37(21-48)40(51)52/h4-9,14-15,17-18,22,25-26,37,41,44,47-48H,10-13,16,19-21H2,1-3H3,(H,45,49)(H,46,50)(H,51,52)/t22-,37+/m0/s1. The van der Waals surface area contributed by atoms with E-state index in [-0.39, 0.29) is 42.6 Å². The summed E-state index contributed by atoms with van der Waals surface area (Å²) in [6, 6.07) is 14.0. The Morgan fingerprint density at radius 2 is 1.19 bits per heavy atom. The highest BCUT2D eigenvalue weighted by atomic mass is 16.4. The van der Waals surface area contributed by atoms with Crippen LogP contribution in [0, 0.1) is 13.8 Å². The molecule has 0 aliphatic heterocycles. The lowest BCUT2D eigenvalue weighted by Crippen LogP contribution is -2.39. The van der Waals surface area contributed by atoms with Crippen LogP contribution in [0.5, 0.6) is 0 Å². The molecule has 272 valence electrons. The first-order chi connectivity index (χ1) is 25.1. The van der Waals surface area contributed by atoms with Crippen LogP contribution in [-0.4, -0.2) is 68.4 Å². The Bertz CT molecular complexity index is 1970. The number of carboxylic acids is 1. The van der Waals surface area contributed by atoms with Crippen molar-refractivity contribution in [3.05, 3.63) is 106 Å². The van der Waals surface area contributed by atoms with E-state index in [1.54, 1.807) is 18.5 Å². The van der Waals surface area contributed by atoms with Crippen molar-refractivity contribution in [3.63, 3.8) is 0 Å². The molecule has 2 aliphatic rings. The fourth-order valence-electron chi connectivity index (χ4n) is 6.40. The number of nitrogens with zero attached hydrogens (tertiary/aromatic N) is 2. The maximum Gasteiger partial charge on any atom is 0.323 e.